The number of amides is 1. The zero-order chi connectivity index (χ0) is 19.3. The van der Waals surface area contributed by atoms with Crippen molar-refractivity contribution < 1.29 is 9.72 Å². The van der Waals surface area contributed by atoms with Crippen LogP contribution < -0.4 is 5.32 Å². The molecule has 5 rings (SSSR count). The predicted octanol–water partition coefficient (Wildman–Crippen LogP) is 3.32. The molecule has 1 aliphatic carbocycles. The lowest BCUT2D eigenvalue weighted by molar-refractivity contribution is -0.384. The van der Waals surface area contributed by atoms with E-state index in [1.807, 2.05) is 10.9 Å². The fourth-order valence-electron chi connectivity index (χ4n) is 4.27. The molecule has 0 spiro atoms. The van der Waals surface area contributed by atoms with Crippen LogP contribution in [0.4, 0.5) is 11.4 Å². The average molecular weight is 378 g/mol. The van der Waals surface area contributed by atoms with Gasteiger partial charge < -0.3 is 5.32 Å². The smallest absolute Gasteiger partial charge is 0.269 e. The van der Waals surface area contributed by atoms with Gasteiger partial charge >= 0.3 is 0 Å². The van der Waals surface area contributed by atoms with Crippen LogP contribution in [0.3, 0.4) is 0 Å². The van der Waals surface area contributed by atoms with Crippen molar-refractivity contribution in [3.63, 3.8) is 0 Å². The molecule has 142 valence electrons. The van der Waals surface area contributed by atoms with Crippen LogP contribution in [0.25, 0.3) is 11.0 Å². The Morgan fingerprint density at radius 2 is 2.00 bits per heavy atom. The summed E-state index contributed by atoms with van der Waals surface area (Å²) in [5.74, 6) is -0.967. The minimum atomic E-state index is -0.718. The zero-order valence-corrected chi connectivity index (χ0v) is 15.0. The van der Waals surface area contributed by atoms with Crippen LogP contribution >= 0.6 is 0 Å². The number of anilines is 1. The number of hydrogen-bond donors (Lipinski definition) is 1. The summed E-state index contributed by atoms with van der Waals surface area (Å²) in [7, 11) is 0. The van der Waals surface area contributed by atoms with Gasteiger partial charge in [0.2, 0.25) is 5.91 Å². The fraction of sp³-hybridized carbons (Fsp3) is 0.368. The summed E-state index contributed by atoms with van der Waals surface area (Å²) in [5, 5.41) is 19.3. The van der Waals surface area contributed by atoms with E-state index in [0.717, 1.165) is 12.8 Å². The lowest BCUT2D eigenvalue weighted by Gasteiger charge is -2.21. The van der Waals surface area contributed by atoms with Crippen molar-refractivity contribution in [3.8, 4) is 0 Å². The Morgan fingerprint density at radius 3 is 2.79 bits per heavy atom. The summed E-state index contributed by atoms with van der Waals surface area (Å²) in [4.78, 5) is 32.1. The van der Waals surface area contributed by atoms with E-state index in [2.05, 4.69) is 20.4 Å². The average Bonchev–Trinajstić information content (AvgIpc) is 3.28. The van der Waals surface area contributed by atoms with Crippen molar-refractivity contribution in [2.45, 2.75) is 44.1 Å². The second-order valence-corrected chi connectivity index (χ2v) is 7.35. The maximum absolute atomic E-state index is 12.7. The minimum Gasteiger partial charge on any atom is -0.325 e. The topological polar surface area (TPSA) is 116 Å². The molecule has 0 saturated heterocycles. The molecule has 1 fully saturated rings. The first kappa shape index (κ1) is 16.8. The number of hydrogen-bond acceptors (Lipinski definition) is 6. The van der Waals surface area contributed by atoms with Gasteiger partial charge in [-0.2, -0.15) is 5.10 Å². The number of rotatable bonds is 3. The molecule has 2 aliphatic rings. The van der Waals surface area contributed by atoms with Crippen LogP contribution in [0.1, 0.15) is 55.3 Å². The molecule has 1 saturated carbocycles. The van der Waals surface area contributed by atoms with E-state index < -0.39 is 10.8 Å². The molecular formula is C19H18N6O3. The quantitative estimate of drug-likeness (QED) is 0.552. The highest BCUT2D eigenvalue weighted by Crippen LogP contribution is 2.40. The van der Waals surface area contributed by atoms with Crippen LogP contribution in [-0.2, 0) is 4.79 Å². The van der Waals surface area contributed by atoms with Crippen LogP contribution in [0, 0.1) is 10.1 Å². The van der Waals surface area contributed by atoms with E-state index >= 15 is 0 Å². The largest absolute Gasteiger partial charge is 0.325 e. The van der Waals surface area contributed by atoms with Gasteiger partial charge in [0.1, 0.15) is 12.2 Å². The van der Waals surface area contributed by atoms with Gasteiger partial charge in [-0.05, 0) is 18.9 Å². The highest BCUT2D eigenvalue weighted by molar-refractivity contribution is 6.06. The highest BCUT2D eigenvalue weighted by Gasteiger charge is 2.36. The summed E-state index contributed by atoms with van der Waals surface area (Å²) in [6.07, 6.45) is 9.09. The molecule has 3 aromatic rings. The molecule has 1 aliphatic heterocycles. The Bertz CT molecular complexity index is 1100. The molecule has 1 atom stereocenters. The lowest BCUT2D eigenvalue weighted by atomic mass is 9.94. The van der Waals surface area contributed by atoms with Gasteiger partial charge in [-0.3, -0.25) is 19.6 Å². The molecule has 0 bridgehead atoms. The first-order chi connectivity index (χ1) is 13.6. The lowest BCUT2D eigenvalue weighted by Crippen LogP contribution is -2.15. The number of aromatic nitrogens is 4. The zero-order valence-electron chi connectivity index (χ0n) is 15.0. The van der Waals surface area contributed by atoms with E-state index in [4.69, 9.17) is 0 Å². The minimum absolute atomic E-state index is 0.0524. The van der Waals surface area contributed by atoms with E-state index in [0.29, 0.717) is 34.0 Å². The normalized spacial score (nSPS) is 19.6. The van der Waals surface area contributed by atoms with Crippen molar-refractivity contribution in [1.82, 2.24) is 19.7 Å². The van der Waals surface area contributed by atoms with E-state index in [9.17, 15) is 14.9 Å². The number of non-ortho nitro benzene ring substituents is 1. The number of carbonyl (C=O) groups excluding carboxylic acids is 1. The van der Waals surface area contributed by atoms with Gasteiger partial charge in [-0.25, -0.2) is 9.97 Å². The number of fused-ring (bicyclic) bond motifs is 2. The number of nitro groups is 1. The number of benzene rings is 1. The molecular weight excluding hydrogens is 360 g/mol. The molecule has 2 aromatic heterocycles. The van der Waals surface area contributed by atoms with Crippen LogP contribution in [0.5, 0.6) is 0 Å². The van der Waals surface area contributed by atoms with Gasteiger partial charge in [0.15, 0.2) is 5.65 Å². The Kier molecular flexibility index (Phi) is 3.81. The van der Waals surface area contributed by atoms with Crippen molar-refractivity contribution in [1.29, 1.82) is 0 Å². The van der Waals surface area contributed by atoms with Crippen molar-refractivity contribution >= 4 is 28.3 Å². The molecule has 1 N–H and O–H groups in total. The molecule has 28 heavy (non-hydrogen) atoms. The fourth-order valence-corrected chi connectivity index (χ4v) is 4.27. The second kappa shape index (κ2) is 6.36. The van der Waals surface area contributed by atoms with Crippen molar-refractivity contribution in [2.75, 3.05) is 5.32 Å². The Labute approximate surface area is 159 Å². The Morgan fingerprint density at radius 1 is 1.18 bits per heavy atom. The molecule has 1 aromatic carbocycles. The third-order valence-corrected chi connectivity index (χ3v) is 5.66. The summed E-state index contributed by atoms with van der Waals surface area (Å²) >= 11 is 0. The molecule has 9 heteroatoms. The van der Waals surface area contributed by atoms with Crippen LogP contribution in [0.2, 0.25) is 0 Å². The first-order valence-corrected chi connectivity index (χ1v) is 9.41. The van der Waals surface area contributed by atoms with E-state index in [1.54, 1.807) is 6.07 Å². The third-order valence-electron chi connectivity index (χ3n) is 5.66. The summed E-state index contributed by atoms with van der Waals surface area (Å²) < 4.78 is 1.95. The number of nitrogens with one attached hydrogen (secondary N) is 1. The highest BCUT2D eigenvalue weighted by atomic mass is 16.6. The molecule has 3 heterocycles. The number of nitro benzene ring substituents is 1. The Hall–Kier alpha value is -3.36. The van der Waals surface area contributed by atoms with Crippen molar-refractivity contribution in [3.05, 3.63) is 52.1 Å². The van der Waals surface area contributed by atoms with Crippen LogP contribution in [0.15, 0.2) is 30.7 Å². The van der Waals surface area contributed by atoms with E-state index in [1.165, 1.54) is 37.7 Å². The predicted molar refractivity (Wildman–Crippen MR) is 101 cm³/mol. The van der Waals surface area contributed by atoms with Crippen molar-refractivity contribution in [2.24, 2.45) is 0 Å². The SMILES string of the molecule is O=C1Nc2ccc([N+](=O)[O-])cc2C1c1ncnc2nn(C3CCCCC3)cc12. The second-order valence-electron chi connectivity index (χ2n) is 7.35. The number of nitrogens with zero attached hydrogens (tertiary/aromatic N) is 5. The molecule has 1 amide bonds. The maximum Gasteiger partial charge on any atom is 0.269 e. The number of carbonyl (C=O) groups is 1. The third kappa shape index (κ3) is 2.62. The maximum atomic E-state index is 12.7. The summed E-state index contributed by atoms with van der Waals surface area (Å²) in [6, 6.07) is 4.73. The Balaban J connectivity index is 1.62. The van der Waals surface area contributed by atoms with Crippen LogP contribution in [-0.4, -0.2) is 30.6 Å². The standard InChI is InChI=1S/C19H18N6O3/c26-19-16(13-8-12(25(27)28)6-7-15(13)22-19)17-14-9-24(11-4-2-1-3-5-11)23-18(14)21-10-20-17/h6-11,16H,1-5H2,(H,22,26). The first-order valence-electron chi connectivity index (χ1n) is 9.41. The molecule has 0 radical (unpaired) electrons. The van der Waals surface area contributed by atoms with Gasteiger partial charge in [0.25, 0.3) is 5.69 Å². The molecule has 9 nitrogen and oxygen atoms in total. The monoisotopic (exact) mass is 378 g/mol. The molecule has 1 unspecified atom stereocenters. The van der Waals surface area contributed by atoms with Gasteiger partial charge in [0.05, 0.1) is 22.0 Å². The summed E-state index contributed by atoms with van der Waals surface area (Å²) in [5.41, 5.74) is 2.16. The van der Waals surface area contributed by atoms with Gasteiger partial charge in [-0.15, -0.1) is 0 Å². The van der Waals surface area contributed by atoms with E-state index in [-0.39, 0.29) is 11.6 Å². The summed E-state index contributed by atoms with van der Waals surface area (Å²) in [6.45, 7) is 0. The van der Waals surface area contributed by atoms with Gasteiger partial charge in [0, 0.05) is 29.6 Å². The van der Waals surface area contributed by atoms with Gasteiger partial charge in [-0.1, -0.05) is 19.3 Å².